The number of likely N-dealkylation sites (N-methyl/N-ethyl adjacent to an activating group) is 1. The van der Waals surface area contributed by atoms with Crippen LogP contribution < -0.4 is 0 Å². The van der Waals surface area contributed by atoms with Crippen LogP contribution in [0, 0.1) is 5.41 Å². The van der Waals surface area contributed by atoms with Crippen molar-refractivity contribution in [2.24, 2.45) is 10.2 Å². The maximum absolute atomic E-state index is 4.03. The first-order valence-electron chi connectivity index (χ1n) is 4.29. The van der Waals surface area contributed by atoms with Crippen molar-refractivity contribution in [1.82, 2.24) is 4.90 Å². The second-order valence-electron chi connectivity index (χ2n) is 4.11. The van der Waals surface area contributed by atoms with E-state index >= 15 is 0 Å². The normalized spacial score (nSPS) is 34.5. The number of hydrogen-bond donors (Lipinski definition) is 0. The van der Waals surface area contributed by atoms with Gasteiger partial charge in [0.05, 0.1) is 6.54 Å². The van der Waals surface area contributed by atoms with Gasteiger partial charge in [0.1, 0.15) is 0 Å². The largest absolute Gasteiger partial charge is 0.301 e. The lowest BCUT2D eigenvalue weighted by molar-refractivity contribution is 0.313. The Hall–Kier alpha value is 0.0600. The summed E-state index contributed by atoms with van der Waals surface area (Å²) < 4.78 is 4.03. The predicted octanol–water partition coefficient (Wildman–Crippen LogP) is 1.80. The van der Waals surface area contributed by atoms with Gasteiger partial charge in [-0.05, 0) is 40.8 Å². The van der Waals surface area contributed by atoms with Crippen molar-refractivity contribution in [3.63, 3.8) is 0 Å². The molecule has 0 amide bonds. The minimum Gasteiger partial charge on any atom is -0.301 e. The third-order valence-corrected chi connectivity index (χ3v) is 3.32. The molecule has 1 aliphatic heterocycles. The molecule has 1 saturated carbocycles. The minimum atomic E-state index is 0.704. The van der Waals surface area contributed by atoms with Gasteiger partial charge in [0.2, 0.25) is 0 Å². The van der Waals surface area contributed by atoms with Gasteiger partial charge >= 0.3 is 0 Å². The quantitative estimate of drug-likeness (QED) is 0.577. The molecule has 2 aliphatic rings. The van der Waals surface area contributed by atoms with Crippen molar-refractivity contribution in [3.05, 3.63) is 0 Å². The van der Waals surface area contributed by atoms with Crippen molar-refractivity contribution in [2.75, 3.05) is 20.1 Å². The Morgan fingerprint density at radius 1 is 1.64 bits per heavy atom. The Balaban J connectivity index is 1.96. The highest BCUT2D eigenvalue weighted by Crippen LogP contribution is 2.54. The summed E-state index contributed by atoms with van der Waals surface area (Å²) in [5.41, 5.74) is 0.732. The summed E-state index contributed by atoms with van der Waals surface area (Å²) >= 11 is 0. The fraction of sp³-hybridized carbons (Fsp3) is 1.00. The van der Waals surface area contributed by atoms with Crippen molar-refractivity contribution < 1.29 is 0 Å². The van der Waals surface area contributed by atoms with Crippen LogP contribution in [0.1, 0.15) is 19.3 Å². The van der Waals surface area contributed by atoms with E-state index in [-0.39, 0.29) is 0 Å². The Bertz CT molecular complexity index is 177. The van der Waals surface area contributed by atoms with E-state index in [1.54, 1.807) is 0 Å². The van der Waals surface area contributed by atoms with E-state index in [4.69, 9.17) is 0 Å². The highest BCUT2D eigenvalue weighted by molar-refractivity contribution is 7.03. The van der Waals surface area contributed by atoms with Gasteiger partial charge in [0.25, 0.3) is 0 Å². The summed E-state index contributed by atoms with van der Waals surface area (Å²) in [5, 5.41) is 0. The molecule has 62 valence electrons. The van der Waals surface area contributed by atoms with E-state index in [0.717, 1.165) is 12.0 Å². The molecule has 0 aromatic carbocycles. The van der Waals surface area contributed by atoms with Crippen LogP contribution in [0.4, 0.5) is 0 Å². The minimum absolute atomic E-state index is 0.704. The smallest absolute Gasteiger partial charge is 0.0585 e. The second-order valence-corrected chi connectivity index (χ2v) is 4.43. The zero-order valence-electron chi connectivity index (χ0n) is 7.01. The molecule has 0 radical (unpaired) electrons. The van der Waals surface area contributed by atoms with Crippen LogP contribution in [-0.4, -0.2) is 31.1 Å². The van der Waals surface area contributed by atoms with Crippen molar-refractivity contribution in [1.29, 1.82) is 0 Å². The summed E-state index contributed by atoms with van der Waals surface area (Å²) in [6, 6.07) is 0.704. The van der Waals surface area contributed by atoms with Gasteiger partial charge in [0, 0.05) is 12.6 Å². The maximum Gasteiger partial charge on any atom is 0.0585 e. The lowest BCUT2D eigenvalue weighted by atomic mass is 10.0. The number of rotatable bonds is 2. The van der Waals surface area contributed by atoms with Crippen LogP contribution in [-0.2, 0) is 0 Å². The van der Waals surface area contributed by atoms with E-state index < -0.39 is 0 Å². The molecule has 0 N–H and O–H groups in total. The van der Waals surface area contributed by atoms with E-state index in [1.165, 1.54) is 25.8 Å². The van der Waals surface area contributed by atoms with Crippen LogP contribution in [0.5, 0.6) is 0 Å². The summed E-state index contributed by atoms with van der Waals surface area (Å²) in [5.74, 6) is 0. The molecule has 0 bridgehead atoms. The molecule has 3 heteroatoms. The molecule has 2 fully saturated rings. The van der Waals surface area contributed by atoms with Crippen LogP contribution >= 0.6 is 9.03 Å². The summed E-state index contributed by atoms with van der Waals surface area (Å²) in [7, 11) is 5.41. The van der Waals surface area contributed by atoms with Crippen LogP contribution in [0.2, 0.25) is 0 Å². The molecule has 0 aromatic heterocycles. The molecular weight excluding hydrogens is 155 g/mol. The van der Waals surface area contributed by atoms with Gasteiger partial charge < -0.3 is 4.90 Å². The van der Waals surface area contributed by atoms with Crippen molar-refractivity contribution >= 4 is 9.03 Å². The lowest BCUT2D eigenvalue weighted by Crippen LogP contribution is -2.27. The number of likely N-dealkylation sites (tertiary alicyclic amines) is 1. The summed E-state index contributed by atoms with van der Waals surface area (Å²) in [4.78, 5) is 2.46. The predicted molar refractivity (Wildman–Crippen MR) is 48.3 cm³/mol. The maximum atomic E-state index is 4.03. The lowest BCUT2D eigenvalue weighted by Gasteiger charge is -2.15. The highest BCUT2D eigenvalue weighted by Gasteiger charge is 2.50. The Labute approximate surface area is 70.3 Å². The monoisotopic (exact) mass is 170 g/mol. The highest BCUT2D eigenvalue weighted by atomic mass is 31.0. The standard InChI is InChI=1S/C8H15N2P/c1-10-6-8(2-3-8)4-7(10)5-9-11/h7,11H,2-6H2,1H3/t7-/m0/s1. The fourth-order valence-electron chi connectivity index (χ4n) is 2.23. The Morgan fingerprint density at radius 2 is 2.36 bits per heavy atom. The van der Waals surface area contributed by atoms with Crippen LogP contribution in [0.15, 0.2) is 4.74 Å². The van der Waals surface area contributed by atoms with Crippen LogP contribution in [0.3, 0.4) is 0 Å². The summed E-state index contributed by atoms with van der Waals surface area (Å²) in [6.07, 6.45) is 4.28. The molecule has 1 atom stereocenters. The van der Waals surface area contributed by atoms with Gasteiger partial charge in [-0.15, -0.1) is 0 Å². The van der Waals surface area contributed by atoms with Gasteiger partial charge in [-0.2, -0.15) is 0 Å². The van der Waals surface area contributed by atoms with Crippen LogP contribution in [0.25, 0.3) is 0 Å². The third kappa shape index (κ3) is 1.34. The summed E-state index contributed by atoms with van der Waals surface area (Å²) in [6.45, 7) is 2.26. The molecule has 1 spiro atoms. The number of nitrogens with zero attached hydrogens (tertiary/aromatic N) is 2. The molecular formula is C8H15N2P. The molecule has 11 heavy (non-hydrogen) atoms. The SMILES string of the molecule is CN1CC2(CC2)C[C@H]1CN=P. The zero-order chi connectivity index (χ0) is 7.90. The first kappa shape index (κ1) is 7.70. The second kappa shape index (κ2) is 2.53. The van der Waals surface area contributed by atoms with Gasteiger partial charge in [-0.3, -0.25) is 4.74 Å². The zero-order valence-corrected chi connectivity index (χ0v) is 8.01. The van der Waals surface area contributed by atoms with E-state index in [1.807, 2.05) is 0 Å². The van der Waals surface area contributed by atoms with E-state index in [9.17, 15) is 0 Å². The number of hydrogen-bond acceptors (Lipinski definition) is 2. The fourth-order valence-corrected chi connectivity index (χ4v) is 2.44. The average Bonchev–Trinajstić information content (AvgIpc) is 2.61. The molecule has 1 aliphatic carbocycles. The molecule has 1 heterocycles. The molecule has 2 nitrogen and oxygen atoms in total. The Morgan fingerprint density at radius 3 is 2.82 bits per heavy atom. The molecule has 0 aromatic rings. The van der Waals surface area contributed by atoms with Gasteiger partial charge in [-0.1, -0.05) is 0 Å². The Kier molecular flexibility index (Phi) is 1.77. The van der Waals surface area contributed by atoms with Gasteiger partial charge in [-0.25, -0.2) is 0 Å². The van der Waals surface area contributed by atoms with Crippen molar-refractivity contribution in [2.45, 2.75) is 25.3 Å². The average molecular weight is 170 g/mol. The molecule has 1 saturated heterocycles. The molecule has 2 rings (SSSR count). The first-order valence-corrected chi connectivity index (χ1v) is 4.74. The molecule has 0 unspecified atom stereocenters. The third-order valence-electron chi connectivity index (χ3n) is 3.14. The van der Waals surface area contributed by atoms with Crippen molar-refractivity contribution in [3.8, 4) is 0 Å². The first-order chi connectivity index (χ1) is 5.26. The topological polar surface area (TPSA) is 15.6 Å². The van der Waals surface area contributed by atoms with Gasteiger partial charge in [0.15, 0.2) is 0 Å². The van der Waals surface area contributed by atoms with E-state index in [0.29, 0.717) is 6.04 Å². The van der Waals surface area contributed by atoms with E-state index in [2.05, 4.69) is 25.7 Å².